The predicted molar refractivity (Wildman–Crippen MR) is 80.0 cm³/mol. The van der Waals surface area contributed by atoms with E-state index in [9.17, 15) is 5.11 Å². The van der Waals surface area contributed by atoms with Gasteiger partial charge in [-0.15, -0.1) is 5.73 Å². The molecule has 0 aromatic heterocycles. The molecule has 0 bridgehead atoms. The van der Waals surface area contributed by atoms with E-state index in [2.05, 4.69) is 36.6 Å². The molecular formula is C18H22O. The normalized spacial score (nSPS) is 21.6. The van der Waals surface area contributed by atoms with Crippen molar-refractivity contribution in [1.29, 1.82) is 0 Å². The van der Waals surface area contributed by atoms with Gasteiger partial charge in [0.25, 0.3) is 0 Å². The van der Waals surface area contributed by atoms with Crippen LogP contribution in [0.25, 0.3) is 0 Å². The third-order valence-corrected chi connectivity index (χ3v) is 3.79. The molecule has 0 radical (unpaired) electrons. The molecule has 1 atom stereocenters. The molecule has 1 saturated carbocycles. The summed E-state index contributed by atoms with van der Waals surface area (Å²) in [5.41, 5.74) is 6.65. The maximum atomic E-state index is 10.1. The molecule has 1 fully saturated rings. The van der Waals surface area contributed by atoms with Gasteiger partial charge in [0.05, 0.1) is 6.10 Å². The van der Waals surface area contributed by atoms with E-state index in [4.69, 9.17) is 0 Å². The monoisotopic (exact) mass is 254 g/mol. The molecule has 1 aliphatic carbocycles. The van der Waals surface area contributed by atoms with Gasteiger partial charge in [-0.2, -0.15) is 0 Å². The molecule has 0 saturated heterocycles. The molecule has 1 aromatic carbocycles. The van der Waals surface area contributed by atoms with Crippen molar-refractivity contribution in [3.8, 4) is 0 Å². The lowest BCUT2D eigenvalue weighted by atomic mass is 9.86. The van der Waals surface area contributed by atoms with Crippen LogP contribution in [0.5, 0.6) is 0 Å². The van der Waals surface area contributed by atoms with Crippen LogP contribution in [0.15, 0.2) is 59.9 Å². The van der Waals surface area contributed by atoms with Gasteiger partial charge in [-0.3, -0.25) is 0 Å². The van der Waals surface area contributed by atoms with Gasteiger partial charge in [-0.1, -0.05) is 43.3 Å². The molecule has 0 heterocycles. The first kappa shape index (κ1) is 13.9. The Labute approximate surface area is 116 Å². The fourth-order valence-electron chi connectivity index (χ4n) is 2.74. The Hall–Kier alpha value is -1.56. The predicted octanol–water partition coefficient (Wildman–Crippen LogP) is 4.19. The lowest BCUT2D eigenvalue weighted by Gasteiger charge is -2.23. The summed E-state index contributed by atoms with van der Waals surface area (Å²) < 4.78 is 0. The van der Waals surface area contributed by atoms with Crippen molar-refractivity contribution in [2.24, 2.45) is 0 Å². The van der Waals surface area contributed by atoms with Crippen molar-refractivity contribution < 1.29 is 5.11 Å². The van der Waals surface area contributed by atoms with Gasteiger partial charge in [0, 0.05) is 0 Å². The average molecular weight is 254 g/mol. The summed E-state index contributed by atoms with van der Waals surface area (Å²) in [5.74, 6) is 0. The van der Waals surface area contributed by atoms with Crippen molar-refractivity contribution in [2.45, 2.75) is 44.6 Å². The fourth-order valence-corrected chi connectivity index (χ4v) is 2.74. The molecule has 1 unspecified atom stereocenters. The van der Waals surface area contributed by atoms with Crippen LogP contribution in [-0.4, -0.2) is 11.2 Å². The topological polar surface area (TPSA) is 20.2 Å². The van der Waals surface area contributed by atoms with Crippen LogP contribution in [0.1, 0.15) is 37.7 Å². The number of hydrogen-bond acceptors (Lipinski definition) is 1. The van der Waals surface area contributed by atoms with Gasteiger partial charge in [0.1, 0.15) is 0 Å². The second-order valence-corrected chi connectivity index (χ2v) is 5.15. The van der Waals surface area contributed by atoms with Gasteiger partial charge in [0.15, 0.2) is 0 Å². The summed E-state index contributed by atoms with van der Waals surface area (Å²) in [5, 5.41) is 10.1. The summed E-state index contributed by atoms with van der Waals surface area (Å²) in [4.78, 5) is 0. The smallest absolute Gasteiger partial charge is 0.0756 e. The van der Waals surface area contributed by atoms with Gasteiger partial charge in [-0.25, -0.2) is 0 Å². The molecule has 1 aliphatic rings. The highest BCUT2D eigenvalue weighted by atomic mass is 16.3. The molecule has 1 heteroatoms. The summed E-state index contributed by atoms with van der Waals surface area (Å²) in [6, 6.07) is 10.5. The van der Waals surface area contributed by atoms with Crippen molar-refractivity contribution >= 4 is 0 Å². The van der Waals surface area contributed by atoms with Crippen LogP contribution in [0.4, 0.5) is 0 Å². The van der Waals surface area contributed by atoms with Gasteiger partial charge >= 0.3 is 0 Å². The summed E-state index contributed by atoms with van der Waals surface area (Å²) in [6.45, 7) is 3.68. The molecular weight excluding hydrogens is 232 g/mol. The summed E-state index contributed by atoms with van der Waals surface area (Å²) >= 11 is 0. The standard InChI is InChI=1S/C18H22O/c1-2-8-16(17-11-6-7-12-18(17)19)14-13-15-9-4-3-5-10-15/h3-5,8-10,18-19H,1,6-7,11-14H2/b17-16+. The van der Waals surface area contributed by atoms with E-state index in [1.807, 2.05) is 12.1 Å². The molecule has 1 nitrogen and oxygen atoms in total. The Bertz CT molecular complexity index is 478. The second-order valence-electron chi connectivity index (χ2n) is 5.15. The first-order valence-corrected chi connectivity index (χ1v) is 7.11. The maximum absolute atomic E-state index is 10.1. The highest BCUT2D eigenvalue weighted by molar-refractivity contribution is 5.30. The largest absolute Gasteiger partial charge is 0.389 e. The Morgan fingerprint density at radius 3 is 2.79 bits per heavy atom. The van der Waals surface area contributed by atoms with Gasteiger partial charge in [-0.05, 0) is 54.9 Å². The number of hydrogen-bond donors (Lipinski definition) is 1. The third kappa shape index (κ3) is 3.96. The highest BCUT2D eigenvalue weighted by Crippen LogP contribution is 2.28. The Morgan fingerprint density at radius 1 is 1.32 bits per heavy atom. The van der Waals surface area contributed by atoms with Crippen LogP contribution >= 0.6 is 0 Å². The Morgan fingerprint density at radius 2 is 2.11 bits per heavy atom. The number of aliphatic hydroxyl groups excluding tert-OH is 1. The highest BCUT2D eigenvalue weighted by Gasteiger charge is 2.18. The number of rotatable bonds is 4. The third-order valence-electron chi connectivity index (χ3n) is 3.79. The van der Waals surface area contributed by atoms with Crippen LogP contribution in [0, 0.1) is 0 Å². The number of benzene rings is 1. The van der Waals surface area contributed by atoms with E-state index in [-0.39, 0.29) is 6.10 Å². The van der Waals surface area contributed by atoms with E-state index in [1.54, 1.807) is 0 Å². The lowest BCUT2D eigenvalue weighted by molar-refractivity contribution is 0.177. The van der Waals surface area contributed by atoms with E-state index in [0.717, 1.165) is 32.1 Å². The zero-order valence-corrected chi connectivity index (χ0v) is 11.4. The molecule has 100 valence electrons. The van der Waals surface area contributed by atoms with Crippen molar-refractivity contribution in [3.63, 3.8) is 0 Å². The number of aliphatic hydroxyl groups is 1. The summed E-state index contributed by atoms with van der Waals surface area (Å²) in [7, 11) is 0. The zero-order chi connectivity index (χ0) is 13.5. The van der Waals surface area contributed by atoms with Crippen molar-refractivity contribution in [2.75, 3.05) is 0 Å². The first-order chi connectivity index (χ1) is 9.31. The van der Waals surface area contributed by atoms with Crippen LogP contribution in [-0.2, 0) is 6.42 Å². The van der Waals surface area contributed by atoms with E-state index < -0.39 is 0 Å². The molecule has 0 amide bonds. The zero-order valence-electron chi connectivity index (χ0n) is 11.4. The SMILES string of the molecule is C=C=C/C(CCc1ccccc1)=C1/CCCCC1O. The number of allylic oxidation sites excluding steroid dienone is 2. The lowest BCUT2D eigenvalue weighted by Crippen LogP contribution is -2.17. The first-order valence-electron chi connectivity index (χ1n) is 7.11. The van der Waals surface area contributed by atoms with E-state index in [0.29, 0.717) is 0 Å². The van der Waals surface area contributed by atoms with Crippen LogP contribution < -0.4 is 0 Å². The molecule has 0 aliphatic heterocycles. The molecule has 0 spiro atoms. The van der Waals surface area contributed by atoms with E-state index in [1.165, 1.54) is 23.1 Å². The minimum absolute atomic E-state index is 0.260. The minimum atomic E-state index is -0.260. The molecule has 1 N–H and O–H groups in total. The van der Waals surface area contributed by atoms with Crippen LogP contribution in [0.2, 0.25) is 0 Å². The van der Waals surface area contributed by atoms with Crippen molar-refractivity contribution in [3.05, 3.63) is 65.4 Å². The Balaban J connectivity index is 2.12. The molecule has 1 aromatic rings. The maximum Gasteiger partial charge on any atom is 0.0756 e. The average Bonchev–Trinajstić information content (AvgIpc) is 2.45. The quantitative estimate of drug-likeness (QED) is 0.799. The van der Waals surface area contributed by atoms with Crippen LogP contribution in [0.3, 0.4) is 0 Å². The molecule has 19 heavy (non-hydrogen) atoms. The molecule has 2 rings (SSSR count). The fraction of sp³-hybridized carbons (Fsp3) is 0.389. The van der Waals surface area contributed by atoms with Gasteiger partial charge < -0.3 is 5.11 Å². The number of aryl methyl sites for hydroxylation is 1. The van der Waals surface area contributed by atoms with Crippen molar-refractivity contribution in [1.82, 2.24) is 0 Å². The minimum Gasteiger partial charge on any atom is -0.389 e. The van der Waals surface area contributed by atoms with E-state index >= 15 is 0 Å². The Kier molecular flexibility index (Phi) is 5.20. The van der Waals surface area contributed by atoms with Gasteiger partial charge in [0.2, 0.25) is 0 Å². The second kappa shape index (κ2) is 7.13. The summed E-state index contributed by atoms with van der Waals surface area (Å²) in [6.07, 6.45) is 7.89.